The molecule has 1 aliphatic carbocycles. The van der Waals surface area contributed by atoms with E-state index in [1.54, 1.807) is 4.90 Å². The van der Waals surface area contributed by atoms with E-state index in [0.717, 1.165) is 38.5 Å². The van der Waals surface area contributed by atoms with Gasteiger partial charge in [-0.2, -0.15) is 0 Å². The molecule has 3 fully saturated rings. The van der Waals surface area contributed by atoms with Crippen molar-refractivity contribution in [2.75, 3.05) is 32.8 Å². The molecule has 6 nitrogen and oxygen atoms in total. The lowest BCUT2D eigenvalue weighted by Gasteiger charge is -2.37. The molecule has 2 heterocycles. The first-order valence-electron chi connectivity index (χ1n) is 8.02. The number of piperidine rings is 1. The van der Waals surface area contributed by atoms with Crippen molar-refractivity contribution in [2.24, 2.45) is 5.92 Å². The first-order chi connectivity index (χ1) is 10.2. The SMILES string of the molecule is O=C(NCC(=O)N1CCC2(CC1)OCCO2)C1CCCC1. The van der Waals surface area contributed by atoms with Crippen molar-refractivity contribution in [3.05, 3.63) is 0 Å². The monoisotopic (exact) mass is 296 g/mol. The maximum atomic E-state index is 12.2. The molecule has 1 saturated carbocycles. The summed E-state index contributed by atoms with van der Waals surface area (Å²) in [6.07, 6.45) is 5.60. The zero-order chi connectivity index (χ0) is 14.7. The fraction of sp³-hybridized carbons (Fsp3) is 0.867. The Bertz CT molecular complexity index is 390. The van der Waals surface area contributed by atoms with Gasteiger partial charge in [0.2, 0.25) is 11.8 Å². The molecule has 2 saturated heterocycles. The molecule has 0 aromatic carbocycles. The van der Waals surface area contributed by atoms with E-state index < -0.39 is 5.79 Å². The number of ether oxygens (including phenoxy) is 2. The molecular weight excluding hydrogens is 272 g/mol. The molecule has 2 aliphatic heterocycles. The lowest BCUT2D eigenvalue weighted by molar-refractivity contribution is -0.187. The second-order valence-electron chi connectivity index (χ2n) is 6.19. The zero-order valence-corrected chi connectivity index (χ0v) is 12.4. The minimum atomic E-state index is -0.454. The molecule has 3 rings (SSSR count). The van der Waals surface area contributed by atoms with Crippen molar-refractivity contribution >= 4 is 11.8 Å². The summed E-state index contributed by atoms with van der Waals surface area (Å²) in [6.45, 7) is 2.68. The predicted molar refractivity (Wildman–Crippen MR) is 75.4 cm³/mol. The topological polar surface area (TPSA) is 67.9 Å². The van der Waals surface area contributed by atoms with Gasteiger partial charge in [-0.25, -0.2) is 0 Å². The molecule has 3 aliphatic rings. The van der Waals surface area contributed by atoms with Gasteiger partial charge in [-0.05, 0) is 12.8 Å². The van der Waals surface area contributed by atoms with Crippen molar-refractivity contribution in [1.29, 1.82) is 0 Å². The van der Waals surface area contributed by atoms with Crippen molar-refractivity contribution in [1.82, 2.24) is 10.2 Å². The Hall–Kier alpha value is -1.14. The van der Waals surface area contributed by atoms with Crippen molar-refractivity contribution in [3.8, 4) is 0 Å². The van der Waals surface area contributed by atoms with Crippen LogP contribution in [0.25, 0.3) is 0 Å². The van der Waals surface area contributed by atoms with E-state index in [2.05, 4.69) is 5.32 Å². The number of nitrogens with one attached hydrogen (secondary N) is 1. The van der Waals surface area contributed by atoms with Crippen LogP contribution in [0, 0.1) is 5.92 Å². The number of rotatable bonds is 3. The Morgan fingerprint density at radius 3 is 2.33 bits per heavy atom. The van der Waals surface area contributed by atoms with Gasteiger partial charge in [-0.1, -0.05) is 12.8 Å². The molecule has 6 heteroatoms. The van der Waals surface area contributed by atoms with Gasteiger partial charge in [0.15, 0.2) is 5.79 Å². The van der Waals surface area contributed by atoms with E-state index in [9.17, 15) is 9.59 Å². The van der Waals surface area contributed by atoms with Crippen LogP contribution in [0.15, 0.2) is 0 Å². The number of carbonyl (C=O) groups is 2. The van der Waals surface area contributed by atoms with E-state index in [0.29, 0.717) is 26.3 Å². The maximum absolute atomic E-state index is 12.2. The Morgan fingerprint density at radius 1 is 1.10 bits per heavy atom. The van der Waals surface area contributed by atoms with Crippen LogP contribution in [0.5, 0.6) is 0 Å². The molecule has 2 amide bonds. The third kappa shape index (κ3) is 3.37. The van der Waals surface area contributed by atoms with Crippen LogP contribution in [0.3, 0.4) is 0 Å². The van der Waals surface area contributed by atoms with E-state index in [-0.39, 0.29) is 24.3 Å². The van der Waals surface area contributed by atoms with Gasteiger partial charge >= 0.3 is 0 Å². The number of carbonyl (C=O) groups excluding carboxylic acids is 2. The van der Waals surface area contributed by atoms with Gasteiger partial charge < -0.3 is 19.7 Å². The van der Waals surface area contributed by atoms with Gasteiger partial charge in [-0.15, -0.1) is 0 Å². The summed E-state index contributed by atoms with van der Waals surface area (Å²) in [5.41, 5.74) is 0. The Kier molecular flexibility index (Phi) is 4.45. The van der Waals surface area contributed by atoms with Crippen LogP contribution in [-0.2, 0) is 19.1 Å². The molecule has 0 radical (unpaired) electrons. The van der Waals surface area contributed by atoms with E-state index in [1.807, 2.05) is 0 Å². The van der Waals surface area contributed by atoms with Crippen LogP contribution >= 0.6 is 0 Å². The van der Waals surface area contributed by atoms with Crippen molar-refractivity contribution in [2.45, 2.75) is 44.3 Å². The molecule has 0 bridgehead atoms. The molecule has 0 atom stereocenters. The second kappa shape index (κ2) is 6.32. The Morgan fingerprint density at radius 2 is 1.71 bits per heavy atom. The molecule has 0 unspecified atom stereocenters. The third-order valence-electron chi connectivity index (χ3n) is 4.83. The highest BCUT2D eigenvalue weighted by Crippen LogP contribution is 2.31. The second-order valence-corrected chi connectivity index (χ2v) is 6.19. The summed E-state index contributed by atoms with van der Waals surface area (Å²) in [6, 6.07) is 0. The van der Waals surface area contributed by atoms with Gasteiger partial charge in [0, 0.05) is 31.8 Å². The smallest absolute Gasteiger partial charge is 0.241 e. The first kappa shape index (κ1) is 14.8. The van der Waals surface area contributed by atoms with E-state index in [1.165, 1.54) is 0 Å². The molecule has 21 heavy (non-hydrogen) atoms. The van der Waals surface area contributed by atoms with Crippen molar-refractivity contribution in [3.63, 3.8) is 0 Å². The number of hydrogen-bond donors (Lipinski definition) is 1. The number of hydrogen-bond acceptors (Lipinski definition) is 4. The van der Waals surface area contributed by atoms with Crippen LogP contribution in [0.1, 0.15) is 38.5 Å². The van der Waals surface area contributed by atoms with Gasteiger partial charge in [0.25, 0.3) is 0 Å². The minimum Gasteiger partial charge on any atom is -0.347 e. The highest BCUT2D eigenvalue weighted by molar-refractivity contribution is 5.86. The summed E-state index contributed by atoms with van der Waals surface area (Å²) in [4.78, 5) is 25.9. The molecule has 1 spiro atoms. The summed E-state index contributed by atoms with van der Waals surface area (Å²) >= 11 is 0. The highest BCUT2D eigenvalue weighted by atomic mass is 16.7. The Labute approximate surface area is 125 Å². The fourth-order valence-electron chi connectivity index (χ4n) is 3.49. The summed E-state index contributed by atoms with van der Waals surface area (Å²) < 4.78 is 11.3. The molecule has 0 aromatic heterocycles. The lowest BCUT2D eigenvalue weighted by Crippen LogP contribution is -2.50. The summed E-state index contributed by atoms with van der Waals surface area (Å²) in [5, 5.41) is 2.79. The largest absolute Gasteiger partial charge is 0.347 e. The van der Waals surface area contributed by atoms with Gasteiger partial charge in [0.05, 0.1) is 19.8 Å². The third-order valence-corrected chi connectivity index (χ3v) is 4.83. The summed E-state index contributed by atoms with van der Waals surface area (Å²) in [7, 11) is 0. The molecule has 0 aromatic rings. The highest BCUT2D eigenvalue weighted by Gasteiger charge is 2.40. The van der Waals surface area contributed by atoms with Crippen LogP contribution in [-0.4, -0.2) is 55.3 Å². The quantitative estimate of drug-likeness (QED) is 0.831. The van der Waals surface area contributed by atoms with Crippen LogP contribution in [0.4, 0.5) is 0 Å². The predicted octanol–water partition coefficient (Wildman–Crippen LogP) is 0.658. The Balaban J connectivity index is 1.40. The maximum Gasteiger partial charge on any atom is 0.241 e. The summed E-state index contributed by atoms with van der Waals surface area (Å²) in [5.74, 6) is -0.308. The normalized spacial score (nSPS) is 25.4. The number of nitrogens with zero attached hydrogens (tertiary/aromatic N) is 1. The van der Waals surface area contributed by atoms with Crippen LogP contribution in [0.2, 0.25) is 0 Å². The van der Waals surface area contributed by atoms with Crippen molar-refractivity contribution < 1.29 is 19.1 Å². The standard InChI is InChI=1S/C15H24N2O4/c18-13(11-16-14(19)12-3-1-2-4-12)17-7-5-15(6-8-17)20-9-10-21-15/h12H,1-11H2,(H,16,19). The minimum absolute atomic E-state index is 0.00538. The van der Waals surface area contributed by atoms with Crippen LogP contribution < -0.4 is 5.32 Å². The average molecular weight is 296 g/mol. The molecule has 1 N–H and O–H groups in total. The average Bonchev–Trinajstić information content (AvgIpc) is 3.17. The number of amides is 2. The molecular formula is C15H24N2O4. The van der Waals surface area contributed by atoms with E-state index in [4.69, 9.17) is 9.47 Å². The molecule has 118 valence electrons. The fourth-order valence-corrected chi connectivity index (χ4v) is 3.49. The van der Waals surface area contributed by atoms with E-state index >= 15 is 0 Å². The van der Waals surface area contributed by atoms with Gasteiger partial charge in [-0.3, -0.25) is 9.59 Å². The first-order valence-corrected chi connectivity index (χ1v) is 8.02. The number of likely N-dealkylation sites (tertiary alicyclic amines) is 1. The zero-order valence-electron chi connectivity index (χ0n) is 12.4. The van der Waals surface area contributed by atoms with Gasteiger partial charge in [0.1, 0.15) is 0 Å². The lowest BCUT2D eigenvalue weighted by atomic mass is 10.0.